The first-order valence-corrected chi connectivity index (χ1v) is 8.79. The third kappa shape index (κ3) is 3.47. The normalized spacial score (nSPS) is 20.6. The summed E-state index contributed by atoms with van der Waals surface area (Å²) in [6, 6.07) is -0.251. The Morgan fingerprint density at radius 2 is 2.23 bits per heavy atom. The van der Waals surface area contributed by atoms with Gasteiger partial charge in [0.25, 0.3) is 5.82 Å². The van der Waals surface area contributed by atoms with Crippen LogP contribution in [0.1, 0.15) is 44.0 Å². The van der Waals surface area contributed by atoms with Crippen molar-refractivity contribution in [3.8, 4) is 0 Å². The van der Waals surface area contributed by atoms with Gasteiger partial charge in [-0.15, -0.1) is 0 Å². The van der Waals surface area contributed by atoms with Crippen LogP contribution in [0.25, 0.3) is 0 Å². The molecule has 0 bridgehead atoms. The second-order valence-corrected chi connectivity index (χ2v) is 7.06. The third-order valence-corrected chi connectivity index (χ3v) is 4.38. The van der Waals surface area contributed by atoms with Gasteiger partial charge in [0.1, 0.15) is 0 Å². The molecule has 1 aromatic rings. The minimum absolute atomic E-state index is 0.251. The Morgan fingerprint density at radius 3 is 2.81 bits per heavy atom. The zero-order chi connectivity index (χ0) is 18.9. The standard InChI is InChI=1S/C17H24N6O3/c1-5-26-14(24)11-9-19-15(23-10-17(2,3)21-16(23)25)20-13(11)22(4)12-7-6-8-18-12/h9H,5-8,10H2,1-4H3,(H,21,25)/p+1. The molecule has 3 rings (SSSR count). The summed E-state index contributed by atoms with van der Waals surface area (Å²) in [5.74, 6) is 1.19. The van der Waals surface area contributed by atoms with Gasteiger partial charge in [0.15, 0.2) is 11.4 Å². The largest absolute Gasteiger partial charge is 0.462 e. The van der Waals surface area contributed by atoms with E-state index in [1.54, 1.807) is 6.92 Å². The first-order chi connectivity index (χ1) is 12.3. The number of aromatic nitrogens is 2. The number of rotatable bonds is 4. The van der Waals surface area contributed by atoms with E-state index in [0.29, 0.717) is 12.4 Å². The average molecular weight is 361 g/mol. The van der Waals surface area contributed by atoms with Crippen LogP contribution >= 0.6 is 0 Å². The molecule has 1 aromatic heterocycles. The molecule has 9 nitrogen and oxygen atoms in total. The molecule has 140 valence electrons. The van der Waals surface area contributed by atoms with Crippen LogP contribution in [-0.4, -0.2) is 64.7 Å². The fraction of sp³-hybridized carbons (Fsp3) is 0.588. The number of anilines is 1. The number of nitrogens with one attached hydrogen (secondary N) is 2. The number of carbonyl (C=O) groups excluding carboxylic acids is 2. The number of hydrogen-bond acceptors (Lipinski definition) is 5. The zero-order valence-corrected chi connectivity index (χ0v) is 15.6. The van der Waals surface area contributed by atoms with Crippen molar-refractivity contribution in [3.05, 3.63) is 11.8 Å². The second-order valence-electron chi connectivity index (χ2n) is 7.06. The van der Waals surface area contributed by atoms with Gasteiger partial charge >= 0.3 is 17.9 Å². The molecule has 9 heteroatoms. The fourth-order valence-corrected chi connectivity index (χ4v) is 3.12. The summed E-state index contributed by atoms with van der Waals surface area (Å²) in [4.78, 5) is 34.9. The number of carbonyl (C=O) groups is 2. The highest BCUT2D eigenvalue weighted by atomic mass is 16.5. The van der Waals surface area contributed by atoms with Gasteiger partial charge in [-0.1, -0.05) is 4.98 Å². The first kappa shape index (κ1) is 18.1. The van der Waals surface area contributed by atoms with Gasteiger partial charge in [0.05, 0.1) is 38.5 Å². The number of nitrogens with zero attached hydrogens (tertiary/aromatic N) is 4. The van der Waals surface area contributed by atoms with Crippen molar-refractivity contribution < 1.29 is 18.9 Å². The number of urea groups is 1. The number of amidine groups is 1. The highest BCUT2D eigenvalue weighted by Crippen LogP contribution is 2.24. The van der Waals surface area contributed by atoms with Crippen LogP contribution in [0.3, 0.4) is 0 Å². The Morgan fingerprint density at radius 1 is 1.46 bits per heavy atom. The minimum Gasteiger partial charge on any atom is -0.462 e. The molecule has 0 saturated carbocycles. The number of hydrogen-bond donors (Lipinski definition) is 2. The molecule has 0 unspecified atom stereocenters. The average Bonchev–Trinajstić information content (AvgIpc) is 3.21. The molecule has 26 heavy (non-hydrogen) atoms. The predicted molar refractivity (Wildman–Crippen MR) is 96.0 cm³/mol. The summed E-state index contributed by atoms with van der Waals surface area (Å²) in [6.07, 6.45) is 3.32. The van der Waals surface area contributed by atoms with Crippen LogP contribution in [0.2, 0.25) is 0 Å². The topological polar surface area (TPSA) is 99.5 Å². The van der Waals surface area contributed by atoms with Gasteiger partial charge in [-0.25, -0.2) is 24.0 Å². The van der Waals surface area contributed by atoms with Gasteiger partial charge in [-0.3, -0.25) is 0 Å². The molecule has 0 spiro atoms. The second kappa shape index (κ2) is 6.89. The Kier molecular flexibility index (Phi) is 4.80. The maximum Gasteiger partial charge on any atom is 0.346 e. The molecule has 2 saturated heterocycles. The van der Waals surface area contributed by atoms with Gasteiger partial charge in [-0.2, -0.15) is 0 Å². The van der Waals surface area contributed by atoms with Crippen LogP contribution in [0, 0.1) is 0 Å². The Bertz CT molecular complexity index is 766. The van der Waals surface area contributed by atoms with Gasteiger partial charge in [0.2, 0.25) is 0 Å². The van der Waals surface area contributed by atoms with Crippen molar-refractivity contribution in [2.24, 2.45) is 0 Å². The molecule has 0 radical (unpaired) electrons. The maximum absolute atomic E-state index is 12.3. The number of esters is 1. The molecular formula is C17H25N6O3+. The maximum atomic E-state index is 12.3. The van der Waals surface area contributed by atoms with Crippen molar-refractivity contribution in [2.75, 3.05) is 31.6 Å². The summed E-state index contributed by atoms with van der Waals surface area (Å²) in [6.45, 7) is 7.21. The number of ether oxygens (including phenoxy) is 1. The van der Waals surface area contributed by atoms with E-state index < -0.39 is 5.97 Å². The van der Waals surface area contributed by atoms with E-state index in [0.717, 1.165) is 25.2 Å². The molecule has 2 fully saturated rings. The lowest BCUT2D eigenvalue weighted by molar-refractivity contribution is -0.412. The molecule has 0 atom stereocenters. The van der Waals surface area contributed by atoms with Crippen molar-refractivity contribution in [1.29, 1.82) is 0 Å². The van der Waals surface area contributed by atoms with Gasteiger partial charge < -0.3 is 15.4 Å². The van der Waals surface area contributed by atoms with Crippen LogP contribution in [-0.2, 0) is 4.74 Å². The molecule has 2 amide bonds. The van der Waals surface area contributed by atoms with E-state index in [2.05, 4.69) is 20.6 Å². The van der Waals surface area contributed by atoms with E-state index in [-0.39, 0.29) is 29.7 Å². The van der Waals surface area contributed by atoms with E-state index in [1.807, 2.05) is 25.5 Å². The Labute approximate surface area is 152 Å². The molecular weight excluding hydrogens is 336 g/mol. The zero-order valence-electron chi connectivity index (χ0n) is 15.6. The molecule has 2 N–H and O–H groups in total. The van der Waals surface area contributed by atoms with Crippen molar-refractivity contribution >= 4 is 29.6 Å². The quantitative estimate of drug-likeness (QED) is 0.613. The van der Waals surface area contributed by atoms with Crippen molar-refractivity contribution in [2.45, 2.75) is 39.2 Å². The summed E-state index contributed by atoms with van der Waals surface area (Å²) in [5, 5.41) is 6.19. The summed E-state index contributed by atoms with van der Waals surface area (Å²) in [5.41, 5.74) is -0.0909. The van der Waals surface area contributed by atoms with Crippen molar-refractivity contribution in [3.63, 3.8) is 0 Å². The molecule has 0 aromatic carbocycles. The summed E-state index contributed by atoms with van der Waals surface area (Å²) < 4.78 is 6.97. The third-order valence-electron chi connectivity index (χ3n) is 4.38. The predicted octanol–water partition coefficient (Wildman–Crippen LogP) is 1.02. The molecule has 2 aliphatic rings. The lowest BCUT2D eigenvalue weighted by Crippen LogP contribution is -2.36. The molecule has 3 heterocycles. The SMILES string of the molecule is CCOC(=O)c1cnc(N2CC(C)(C)NC2=O)nc1[N+](C)=C1CCCN1. The molecule has 0 aliphatic carbocycles. The van der Waals surface area contributed by atoms with Crippen LogP contribution in [0.4, 0.5) is 16.6 Å². The van der Waals surface area contributed by atoms with Gasteiger partial charge in [-0.05, 0) is 27.2 Å². The minimum atomic E-state index is -0.481. The lowest BCUT2D eigenvalue weighted by atomic mass is 10.1. The van der Waals surface area contributed by atoms with Crippen LogP contribution in [0.15, 0.2) is 6.20 Å². The van der Waals surface area contributed by atoms with Gasteiger partial charge in [0, 0.05) is 6.42 Å². The highest BCUT2D eigenvalue weighted by Gasteiger charge is 2.39. The fourth-order valence-electron chi connectivity index (χ4n) is 3.12. The smallest absolute Gasteiger partial charge is 0.346 e. The van der Waals surface area contributed by atoms with Crippen molar-refractivity contribution in [1.82, 2.24) is 20.6 Å². The first-order valence-electron chi connectivity index (χ1n) is 8.79. The number of amides is 2. The van der Waals surface area contributed by atoms with E-state index in [4.69, 9.17) is 4.74 Å². The van der Waals surface area contributed by atoms with Crippen LogP contribution < -0.4 is 15.5 Å². The van der Waals surface area contributed by atoms with E-state index in [9.17, 15) is 9.59 Å². The Balaban J connectivity index is 2.05. The summed E-state index contributed by atoms with van der Waals surface area (Å²) in [7, 11) is 1.84. The van der Waals surface area contributed by atoms with Crippen LogP contribution in [0.5, 0.6) is 0 Å². The Hall–Kier alpha value is -2.71. The van der Waals surface area contributed by atoms with E-state index in [1.165, 1.54) is 11.1 Å². The summed E-state index contributed by atoms with van der Waals surface area (Å²) >= 11 is 0. The molecule has 2 aliphatic heterocycles. The highest BCUT2D eigenvalue weighted by molar-refractivity contribution is 5.96. The van der Waals surface area contributed by atoms with E-state index >= 15 is 0 Å². The lowest BCUT2D eigenvalue weighted by Gasteiger charge is -2.16. The monoisotopic (exact) mass is 361 g/mol.